The first-order chi connectivity index (χ1) is 13.9. The average Bonchev–Trinajstić information content (AvgIpc) is 3.03. The van der Waals surface area contributed by atoms with Crippen molar-refractivity contribution in [1.82, 2.24) is 0 Å². The number of rotatable bonds is 17. The maximum atomic E-state index is 11.4. The zero-order valence-electron chi connectivity index (χ0n) is 19.2. The molecule has 1 aliphatic carbocycles. The van der Waals surface area contributed by atoms with Crippen molar-refractivity contribution in [2.75, 3.05) is 12.4 Å². The number of hydrogen-bond donors (Lipinski definition) is 2. The van der Waals surface area contributed by atoms with E-state index in [0.29, 0.717) is 24.2 Å². The van der Waals surface area contributed by atoms with Crippen molar-refractivity contribution in [2.45, 2.75) is 128 Å². The lowest BCUT2D eigenvalue weighted by Crippen LogP contribution is -2.30. The van der Waals surface area contributed by atoms with Gasteiger partial charge in [-0.3, -0.25) is 4.79 Å². The molecule has 4 nitrogen and oxygen atoms in total. The Hall–Kier alpha value is -0.260. The van der Waals surface area contributed by atoms with E-state index in [2.05, 4.69) is 6.92 Å². The molecule has 29 heavy (non-hydrogen) atoms. The molecule has 0 amide bonds. The summed E-state index contributed by atoms with van der Waals surface area (Å²) in [6, 6.07) is 0. The molecule has 1 fully saturated rings. The number of carbonyl (C=O) groups excluding carboxylic acids is 1. The summed E-state index contributed by atoms with van der Waals surface area (Å²) in [5.74, 6) is 1.03. The number of hydrogen-bond acceptors (Lipinski definition) is 5. The summed E-state index contributed by atoms with van der Waals surface area (Å²) in [5, 5.41) is 21.6. The van der Waals surface area contributed by atoms with Crippen LogP contribution in [-0.4, -0.2) is 45.5 Å². The molecule has 0 spiro atoms. The molecule has 1 saturated carbocycles. The number of aliphatic hydroxyl groups excluding tert-OH is 1. The largest absolute Gasteiger partial charge is 0.466 e. The van der Waals surface area contributed by atoms with Crippen LogP contribution in [0.15, 0.2) is 0 Å². The molecule has 172 valence electrons. The van der Waals surface area contributed by atoms with Gasteiger partial charge in [0.25, 0.3) is 0 Å². The lowest BCUT2D eigenvalue weighted by molar-refractivity contribution is -0.143. The number of carbonyl (C=O) groups is 1. The van der Waals surface area contributed by atoms with Gasteiger partial charge in [0, 0.05) is 17.4 Å². The summed E-state index contributed by atoms with van der Waals surface area (Å²) in [7, 11) is 0. The molecule has 0 aromatic heterocycles. The third kappa shape index (κ3) is 12.2. The zero-order valence-corrected chi connectivity index (χ0v) is 20.0. The molecule has 4 unspecified atom stereocenters. The SMILES string of the molecule is CCCCCCCC(C)(O)CSC1CCC(O)C1CCCCCCC(=O)OCC. The second-order valence-corrected chi connectivity index (χ2v) is 10.3. The highest BCUT2D eigenvalue weighted by Crippen LogP contribution is 2.40. The van der Waals surface area contributed by atoms with Crippen molar-refractivity contribution in [3.63, 3.8) is 0 Å². The molecule has 0 radical (unpaired) electrons. The number of unbranched alkanes of at least 4 members (excludes halogenated alkanes) is 7. The topological polar surface area (TPSA) is 66.8 Å². The first kappa shape index (κ1) is 26.8. The lowest BCUT2D eigenvalue weighted by Gasteiger charge is -2.27. The van der Waals surface area contributed by atoms with Crippen LogP contribution in [0.2, 0.25) is 0 Å². The van der Waals surface area contributed by atoms with E-state index in [9.17, 15) is 15.0 Å². The molecule has 0 saturated heterocycles. The molecular weight excluding hydrogens is 384 g/mol. The first-order valence-corrected chi connectivity index (χ1v) is 13.1. The van der Waals surface area contributed by atoms with Crippen molar-refractivity contribution >= 4 is 17.7 Å². The number of esters is 1. The van der Waals surface area contributed by atoms with Crippen LogP contribution in [0.3, 0.4) is 0 Å². The zero-order chi connectivity index (χ0) is 21.5. The van der Waals surface area contributed by atoms with E-state index >= 15 is 0 Å². The van der Waals surface area contributed by atoms with Crippen LogP contribution < -0.4 is 0 Å². The summed E-state index contributed by atoms with van der Waals surface area (Å²) in [6.45, 7) is 6.50. The van der Waals surface area contributed by atoms with Crippen molar-refractivity contribution in [1.29, 1.82) is 0 Å². The Morgan fingerprint density at radius 3 is 2.45 bits per heavy atom. The van der Waals surface area contributed by atoms with Crippen molar-refractivity contribution < 1.29 is 19.7 Å². The van der Waals surface area contributed by atoms with Crippen molar-refractivity contribution in [2.24, 2.45) is 5.92 Å². The minimum atomic E-state index is -0.595. The highest BCUT2D eigenvalue weighted by molar-refractivity contribution is 8.00. The second-order valence-electron chi connectivity index (χ2n) is 9.08. The molecule has 0 heterocycles. The van der Waals surface area contributed by atoms with Crippen LogP contribution >= 0.6 is 11.8 Å². The van der Waals surface area contributed by atoms with E-state index in [4.69, 9.17) is 4.74 Å². The Bertz CT molecular complexity index is 427. The molecule has 5 heteroatoms. The van der Waals surface area contributed by atoms with Crippen LogP contribution in [0.5, 0.6) is 0 Å². The third-order valence-corrected chi connectivity index (χ3v) is 7.92. The molecule has 4 atom stereocenters. The quantitative estimate of drug-likeness (QED) is 0.223. The van der Waals surface area contributed by atoms with Gasteiger partial charge in [-0.15, -0.1) is 0 Å². The van der Waals surface area contributed by atoms with E-state index < -0.39 is 5.60 Å². The van der Waals surface area contributed by atoms with Gasteiger partial charge in [-0.05, 0) is 51.9 Å². The minimum absolute atomic E-state index is 0.0902. The average molecular weight is 431 g/mol. The predicted octanol–water partition coefficient (Wildman–Crippen LogP) is 5.87. The van der Waals surface area contributed by atoms with Crippen LogP contribution in [0.25, 0.3) is 0 Å². The standard InChI is InChI=1S/C24H46O4S/c1-4-6-7-10-13-18-24(3,27)19-29-22-17-16-21(25)20(22)14-11-8-9-12-15-23(26)28-5-2/h20-22,25,27H,4-19H2,1-3H3. The highest BCUT2D eigenvalue weighted by Gasteiger charge is 2.36. The van der Waals surface area contributed by atoms with Gasteiger partial charge in [0.2, 0.25) is 0 Å². The molecule has 0 aromatic carbocycles. The van der Waals surface area contributed by atoms with Gasteiger partial charge >= 0.3 is 5.97 Å². The molecule has 2 N–H and O–H groups in total. The van der Waals surface area contributed by atoms with Gasteiger partial charge in [-0.2, -0.15) is 11.8 Å². The van der Waals surface area contributed by atoms with Crippen LogP contribution in [-0.2, 0) is 9.53 Å². The maximum Gasteiger partial charge on any atom is 0.305 e. The fourth-order valence-corrected chi connectivity index (χ4v) is 5.89. The van der Waals surface area contributed by atoms with Crippen LogP contribution in [0.4, 0.5) is 0 Å². The summed E-state index contributed by atoms with van der Waals surface area (Å²) in [6.07, 6.45) is 14.5. The molecular formula is C24H46O4S. The van der Waals surface area contributed by atoms with Crippen molar-refractivity contribution in [3.8, 4) is 0 Å². The fourth-order valence-electron chi connectivity index (χ4n) is 4.30. The summed E-state index contributed by atoms with van der Waals surface area (Å²) in [4.78, 5) is 11.4. The van der Waals surface area contributed by atoms with E-state index in [1.54, 1.807) is 0 Å². The molecule has 0 aromatic rings. The Labute approximate surface area is 183 Å². The maximum absolute atomic E-state index is 11.4. The Morgan fingerprint density at radius 2 is 1.72 bits per heavy atom. The highest BCUT2D eigenvalue weighted by atomic mass is 32.2. The van der Waals surface area contributed by atoms with Gasteiger partial charge in [-0.1, -0.05) is 58.3 Å². The van der Waals surface area contributed by atoms with Gasteiger partial charge in [0.1, 0.15) is 0 Å². The van der Waals surface area contributed by atoms with Gasteiger partial charge in [0.05, 0.1) is 18.3 Å². The Balaban J connectivity index is 2.21. The van der Waals surface area contributed by atoms with E-state index in [1.165, 1.54) is 25.7 Å². The lowest BCUT2D eigenvalue weighted by atomic mass is 9.97. The monoisotopic (exact) mass is 430 g/mol. The Morgan fingerprint density at radius 1 is 1.03 bits per heavy atom. The minimum Gasteiger partial charge on any atom is -0.466 e. The van der Waals surface area contributed by atoms with Gasteiger partial charge in [-0.25, -0.2) is 0 Å². The van der Waals surface area contributed by atoms with E-state index in [0.717, 1.165) is 63.5 Å². The molecule has 1 aliphatic rings. The van der Waals surface area contributed by atoms with Crippen LogP contribution in [0, 0.1) is 5.92 Å². The van der Waals surface area contributed by atoms with E-state index in [1.807, 2.05) is 25.6 Å². The number of thioether (sulfide) groups is 1. The summed E-state index contributed by atoms with van der Waals surface area (Å²) < 4.78 is 4.96. The normalized spacial score (nSPS) is 23.8. The summed E-state index contributed by atoms with van der Waals surface area (Å²) >= 11 is 1.88. The van der Waals surface area contributed by atoms with Gasteiger partial charge < -0.3 is 14.9 Å². The fraction of sp³-hybridized carbons (Fsp3) is 0.958. The second kappa shape index (κ2) is 15.5. The molecule has 0 bridgehead atoms. The summed E-state index contributed by atoms with van der Waals surface area (Å²) in [5.41, 5.74) is -0.595. The van der Waals surface area contributed by atoms with E-state index in [-0.39, 0.29) is 12.1 Å². The molecule has 0 aliphatic heterocycles. The predicted molar refractivity (Wildman–Crippen MR) is 123 cm³/mol. The van der Waals surface area contributed by atoms with Gasteiger partial charge in [0.15, 0.2) is 0 Å². The smallest absolute Gasteiger partial charge is 0.305 e. The number of ether oxygens (including phenoxy) is 1. The number of aliphatic hydroxyl groups is 2. The first-order valence-electron chi connectivity index (χ1n) is 12.1. The van der Waals surface area contributed by atoms with Crippen LogP contribution in [0.1, 0.15) is 111 Å². The third-order valence-electron chi connectivity index (χ3n) is 6.12. The molecule has 1 rings (SSSR count). The van der Waals surface area contributed by atoms with Crippen molar-refractivity contribution in [3.05, 3.63) is 0 Å². The Kier molecular flexibility index (Phi) is 14.3.